The normalized spacial score (nSPS) is 29.1. The first-order chi connectivity index (χ1) is 9.60. The number of hydrogen-bond acceptors (Lipinski definition) is 2. The van der Waals surface area contributed by atoms with Crippen molar-refractivity contribution >= 4 is 11.8 Å². The molecule has 1 aromatic carbocycles. The molecule has 2 nitrogen and oxygen atoms in total. The SMILES string of the molecule is CC1CC(=Cc2ccc3c(c2)NCC(C)O3)CC(C)C1. The van der Waals surface area contributed by atoms with Gasteiger partial charge in [0.25, 0.3) is 0 Å². The monoisotopic (exact) mass is 271 g/mol. The molecule has 108 valence electrons. The van der Waals surface area contributed by atoms with Crippen molar-refractivity contribution in [2.45, 2.75) is 46.1 Å². The van der Waals surface area contributed by atoms with E-state index in [0.29, 0.717) is 0 Å². The summed E-state index contributed by atoms with van der Waals surface area (Å²) in [7, 11) is 0. The molecule has 0 radical (unpaired) electrons. The number of anilines is 1. The topological polar surface area (TPSA) is 21.3 Å². The zero-order chi connectivity index (χ0) is 14.1. The fourth-order valence-electron chi connectivity index (χ4n) is 3.58. The Hall–Kier alpha value is -1.44. The van der Waals surface area contributed by atoms with Crippen LogP contribution in [0.25, 0.3) is 6.08 Å². The summed E-state index contributed by atoms with van der Waals surface area (Å²) >= 11 is 0. The molecular weight excluding hydrogens is 246 g/mol. The zero-order valence-corrected chi connectivity index (χ0v) is 12.8. The first-order valence-corrected chi connectivity index (χ1v) is 7.84. The molecule has 1 aromatic rings. The van der Waals surface area contributed by atoms with Crippen molar-refractivity contribution < 1.29 is 4.74 Å². The average Bonchev–Trinajstić information content (AvgIpc) is 2.38. The fourth-order valence-corrected chi connectivity index (χ4v) is 3.58. The highest BCUT2D eigenvalue weighted by Crippen LogP contribution is 2.35. The lowest BCUT2D eigenvalue weighted by molar-refractivity contribution is 0.226. The van der Waals surface area contributed by atoms with Gasteiger partial charge in [0.15, 0.2) is 0 Å². The van der Waals surface area contributed by atoms with Gasteiger partial charge in [-0.25, -0.2) is 0 Å². The maximum Gasteiger partial charge on any atom is 0.142 e. The summed E-state index contributed by atoms with van der Waals surface area (Å²) < 4.78 is 5.83. The van der Waals surface area contributed by atoms with Crippen LogP contribution in [-0.4, -0.2) is 12.6 Å². The minimum Gasteiger partial charge on any atom is -0.487 e. The van der Waals surface area contributed by atoms with Crippen molar-refractivity contribution in [3.63, 3.8) is 0 Å². The molecule has 1 fully saturated rings. The van der Waals surface area contributed by atoms with Gasteiger partial charge in [-0.1, -0.05) is 31.6 Å². The molecule has 1 aliphatic heterocycles. The second-order valence-electron chi connectivity index (χ2n) is 6.72. The maximum atomic E-state index is 5.83. The Morgan fingerprint density at radius 3 is 2.65 bits per heavy atom. The Morgan fingerprint density at radius 1 is 1.15 bits per heavy atom. The van der Waals surface area contributed by atoms with Gasteiger partial charge in [0.1, 0.15) is 11.9 Å². The van der Waals surface area contributed by atoms with Crippen molar-refractivity contribution in [2.24, 2.45) is 11.8 Å². The standard InChI is InChI=1S/C18H25NO/c1-12-6-13(2)8-16(7-12)9-15-4-5-18-17(10-15)19-11-14(3)20-18/h4-5,9-10,12-14,19H,6-8,11H2,1-3H3. The predicted molar refractivity (Wildman–Crippen MR) is 85.2 cm³/mol. The molecule has 0 aromatic heterocycles. The fraction of sp³-hybridized carbons (Fsp3) is 0.556. The highest BCUT2D eigenvalue weighted by atomic mass is 16.5. The van der Waals surface area contributed by atoms with Crippen molar-refractivity contribution in [1.82, 2.24) is 0 Å². The van der Waals surface area contributed by atoms with Crippen molar-refractivity contribution in [3.05, 3.63) is 29.3 Å². The predicted octanol–water partition coefficient (Wildman–Crippen LogP) is 4.72. The summed E-state index contributed by atoms with van der Waals surface area (Å²) in [5, 5.41) is 3.45. The van der Waals surface area contributed by atoms with Crippen LogP contribution in [0.2, 0.25) is 0 Å². The third kappa shape index (κ3) is 3.00. The molecule has 2 aliphatic rings. The van der Waals surface area contributed by atoms with E-state index in [4.69, 9.17) is 4.74 Å². The Kier molecular flexibility index (Phi) is 3.73. The van der Waals surface area contributed by atoms with Crippen LogP contribution in [0.1, 0.15) is 45.6 Å². The molecular formula is C18H25NO. The van der Waals surface area contributed by atoms with Crippen LogP contribution in [0.4, 0.5) is 5.69 Å². The Labute approximate surface area is 122 Å². The average molecular weight is 271 g/mol. The quantitative estimate of drug-likeness (QED) is 0.798. The molecule has 0 bridgehead atoms. The molecule has 0 saturated heterocycles. The van der Waals surface area contributed by atoms with Gasteiger partial charge in [-0.2, -0.15) is 0 Å². The van der Waals surface area contributed by atoms with Crippen LogP contribution < -0.4 is 10.1 Å². The lowest BCUT2D eigenvalue weighted by Gasteiger charge is -2.27. The van der Waals surface area contributed by atoms with Crippen LogP contribution in [0.3, 0.4) is 0 Å². The van der Waals surface area contributed by atoms with Gasteiger partial charge < -0.3 is 10.1 Å². The number of benzene rings is 1. The lowest BCUT2D eigenvalue weighted by Crippen LogP contribution is -2.27. The Balaban J connectivity index is 1.81. The molecule has 1 aliphatic carbocycles. The molecule has 3 rings (SSSR count). The first kappa shape index (κ1) is 13.5. The molecule has 3 unspecified atom stereocenters. The zero-order valence-electron chi connectivity index (χ0n) is 12.8. The molecule has 1 N–H and O–H groups in total. The second-order valence-corrected chi connectivity index (χ2v) is 6.72. The van der Waals surface area contributed by atoms with Crippen LogP contribution in [0, 0.1) is 11.8 Å². The Bertz CT molecular complexity index is 508. The summed E-state index contributed by atoms with van der Waals surface area (Å²) in [6, 6.07) is 6.49. The molecule has 2 heteroatoms. The van der Waals surface area contributed by atoms with Crippen LogP contribution in [-0.2, 0) is 0 Å². The van der Waals surface area contributed by atoms with E-state index in [1.807, 2.05) is 0 Å². The van der Waals surface area contributed by atoms with E-state index < -0.39 is 0 Å². The minimum atomic E-state index is 0.256. The van der Waals surface area contributed by atoms with E-state index in [1.54, 1.807) is 5.57 Å². The number of hydrogen-bond donors (Lipinski definition) is 1. The van der Waals surface area contributed by atoms with E-state index in [1.165, 1.54) is 24.8 Å². The molecule has 0 amide bonds. The molecule has 1 saturated carbocycles. The largest absolute Gasteiger partial charge is 0.487 e. The van der Waals surface area contributed by atoms with Gasteiger partial charge in [-0.05, 0) is 55.7 Å². The number of nitrogens with one attached hydrogen (secondary N) is 1. The Morgan fingerprint density at radius 2 is 1.90 bits per heavy atom. The van der Waals surface area contributed by atoms with E-state index in [9.17, 15) is 0 Å². The van der Waals surface area contributed by atoms with Gasteiger partial charge in [-0.15, -0.1) is 0 Å². The molecule has 1 heterocycles. The summed E-state index contributed by atoms with van der Waals surface area (Å²) in [5.74, 6) is 2.63. The van der Waals surface area contributed by atoms with Crippen LogP contribution in [0.15, 0.2) is 23.8 Å². The number of ether oxygens (including phenoxy) is 1. The van der Waals surface area contributed by atoms with E-state index >= 15 is 0 Å². The van der Waals surface area contributed by atoms with E-state index in [0.717, 1.165) is 29.8 Å². The minimum absolute atomic E-state index is 0.256. The molecule has 3 atom stereocenters. The van der Waals surface area contributed by atoms with E-state index in [-0.39, 0.29) is 6.10 Å². The number of fused-ring (bicyclic) bond motifs is 1. The van der Waals surface area contributed by atoms with Gasteiger partial charge in [-0.3, -0.25) is 0 Å². The van der Waals surface area contributed by atoms with Crippen molar-refractivity contribution in [2.75, 3.05) is 11.9 Å². The summed E-state index contributed by atoms with van der Waals surface area (Å²) in [5.41, 5.74) is 4.03. The first-order valence-electron chi connectivity index (χ1n) is 7.84. The third-order valence-electron chi connectivity index (χ3n) is 4.31. The third-order valence-corrected chi connectivity index (χ3v) is 4.31. The van der Waals surface area contributed by atoms with Gasteiger partial charge in [0.05, 0.1) is 12.2 Å². The summed E-state index contributed by atoms with van der Waals surface area (Å²) in [6.07, 6.45) is 6.51. The van der Waals surface area contributed by atoms with Gasteiger partial charge in [0.2, 0.25) is 0 Å². The number of allylic oxidation sites excluding steroid dienone is 1. The molecule has 20 heavy (non-hydrogen) atoms. The smallest absolute Gasteiger partial charge is 0.142 e. The van der Waals surface area contributed by atoms with Crippen LogP contribution in [0.5, 0.6) is 5.75 Å². The van der Waals surface area contributed by atoms with Crippen molar-refractivity contribution in [1.29, 1.82) is 0 Å². The van der Waals surface area contributed by atoms with Crippen molar-refractivity contribution in [3.8, 4) is 5.75 Å². The van der Waals surface area contributed by atoms with Gasteiger partial charge in [0, 0.05) is 0 Å². The van der Waals surface area contributed by atoms with E-state index in [2.05, 4.69) is 50.4 Å². The molecule has 0 spiro atoms. The van der Waals surface area contributed by atoms with Gasteiger partial charge >= 0.3 is 0 Å². The number of rotatable bonds is 1. The summed E-state index contributed by atoms with van der Waals surface area (Å²) in [4.78, 5) is 0. The lowest BCUT2D eigenvalue weighted by atomic mass is 9.80. The highest BCUT2D eigenvalue weighted by molar-refractivity contribution is 5.66. The highest BCUT2D eigenvalue weighted by Gasteiger charge is 2.19. The maximum absolute atomic E-state index is 5.83. The van der Waals surface area contributed by atoms with Crippen LogP contribution >= 0.6 is 0 Å². The summed E-state index contributed by atoms with van der Waals surface area (Å²) in [6.45, 7) is 7.72. The second kappa shape index (κ2) is 5.51.